The van der Waals surface area contributed by atoms with Gasteiger partial charge in [-0.15, -0.1) is 0 Å². The van der Waals surface area contributed by atoms with E-state index in [0.29, 0.717) is 42.4 Å². The number of aromatic nitrogens is 2. The lowest BCUT2D eigenvalue weighted by Crippen LogP contribution is -2.37. The van der Waals surface area contributed by atoms with Crippen molar-refractivity contribution in [3.63, 3.8) is 0 Å². The fourth-order valence-electron chi connectivity index (χ4n) is 3.29. The van der Waals surface area contributed by atoms with Crippen molar-refractivity contribution >= 4 is 39.7 Å². The zero-order valence-electron chi connectivity index (χ0n) is 15.1. The van der Waals surface area contributed by atoms with Crippen LogP contribution in [0.3, 0.4) is 0 Å². The highest BCUT2D eigenvalue weighted by molar-refractivity contribution is 6.34. The Bertz CT molecular complexity index is 1080. The lowest BCUT2D eigenvalue weighted by atomic mass is 10.2. The van der Waals surface area contributed by atoms with E-state index in [9.17, 15) is 9.59 Å². The van der Waals surface area contributed by atoms with Gasteiger partial charge in [0.15, 0.2) is 0 Å². The summed E-state index contributed by atoms with van der Waals surface area (Å²) in [6.45, 7) is 2.42. The molecule has 0 aliphatic carbocycles. The summed E-state index contributed by atoms with van der Waals surface area (Å²) >= 11 is 6.40. The maximum atomic E-state index is 12.6. The Balaban J connectivity index is 1.57. The number of rotatable bonds is 4. The third kappa shape index (κ3) is 3.72. The minimum Gasteiger partial charge on any atom is -0.378 e. The van der Waals surface area contributed by atoms with E-state index >= 15 is 0 Å². The van der Waals surface area contributed by atoms with Crippen LogP contribution in [0.1, 0.15) is 0 Å². The number of hydrogen-bond donors (Lipinski definition) is 1. The molecule has 1 aliphatic rings. The van der Waals surface area contributed by atoms with Crippen molar-refractivity contribution in [3.05, 3.63) is 64.0 Å². The maximum absolute atomic E-state index is 12.6. The molecule has 0 spiro atoms. The second-order valence-electron chi connectivity index (χ2n) is 6.48. The second kappa shape index (κ2) is 8.00. The molecule has 8 heteroatoms. The van der Waals surface area contributed by atoms with E-state index in [-0.39, 0.29) is 18.0 Å². The summed E-state index contributed by atoms with van der Waals surface area (Å²) in [5.74, 6) is -0.346. The molecule has 144 valence electrons. The van der Waals surface area contributed by atoms with E-state index in [4.69, 9.17) is 16.3 Å². The smallest absolute Gasteiger partial charge is 0.275 e. The number of anilines is 2. The predicted octanol–water partition coefficient (Wildman–Crippen LogP) is 2.53. The Hall–Kier alpha value is -2.90. The number of ether oxygens (including phenoxy) is 1. The van der Waals surface area contributed by atoms with Crippen molar-refractivity contribution in [2.24, 2.45) is 0 Å². The molecule has 1 aromatic heterocycles. The second-order valence-corrected chi connectivity index (χ2v) is 6.89. The van der Waals surface area contributed by atoms with Gasteiger partial charge in [-0.25, -0.2) is 4.68 Å². The zero-order valence-corrected chi connectivity index (χ0v) is 15.9. The molecule has 28 heavy (non-hydrogen) atoms. The van der Waals surface area contributed by atoms with Crippen molar-refractivity contribution in [1.82, 2.24) is 9.78 Å². The first kappa shape index (κ1) is 18.5. The number of fused-ring (bicyclic) bond motifs is 1. The molecule has 1 fully saturated rings. The summed E-state index contributed by atoms with van der Waals surface area (Å²) < 4.78 is 6.55. The van der Waals surface area contributed by atoms with E-state index < -0.39 is 0 Å². The summed E-state index contributed by atoms with van der Waals surface area (Å²) in [6, 6.07) is 12.5. The third-order valence-electron chi connectivity index (χ3n) is 4.64. The lowest BCUT2D eigenvalue weighted by molar-refractivity contribution is -0.117. The fourth-order valence-corrected chi connectivity index (χ4v) is 3.58. The number of halogens is 1. The normalized spacial score (nSPS) is 14.2. The number of nitrogens with zero attached hydrogens (tertiary/aromatic N) is 3. The van der Waals surface area contributed by atoms with E-state index in [1.54, 1.807) is 36.5 Å². The number of nitrogens with one attached hydrogen (secondary N) is 1. The zero-order chi connectivity index (χ0) is 19.5. The molecule has 7 nitrogen and oxygen atoms in total. The van der Waals surface area contributed by atoms with Crippen molar-refractivity contribution < 1.29 is 9.53 Å². The molecular weight excluding hydrogens is 380 g/mol. The summed E-state index contributed by atoms with van der Waals surface area (Å²) in [4.78, 5) is 27.3. The molecule has 2 aromatic carbocycles. The number of amides is 1. The van der Waals surface area contributed by atoms with Crippen molar-refractivity contribution in [3.8, 4) is 0 Å². The van der Waals surface area contributed by atoms with E-state index in [2.05, 4.69) is 15.3 Å². The summed E-state index contributed by atoms with van der Waals surface area (Å²) in [7, 11) is 0. The van der Waals surface area contributed by atoms with Gasteiger partial charge in [-0.1, -0.05) is 35.9 Å². The van der Waals surface area contributed by atoms with Crippen LogP contribution in [-0.4, -0.2) is 42.0 Å². The Morgan fingerprint density at radius 3 is 2.75 bits per heavy atom. The minimum absolute atomic E-state index is 0.182. The third-order valence-corrected chi connectivity index (χ3v) is 4.95. The summed E-state index contributed by atoms with van der Waals surface area (Å²) in [5.41, 5.74) is 1.07. The molecular formula is C20H19ClN4O3. The van der Waals surface area contributed by atoms with Gasteiger partial charge in [0.2, 0.25) is 5.91 Å². The van der Waals surface area contributed by atoms with Crippen LogP contribution in [-0.2, 0) is 16.1 Å². The molecule has 0 bridgehead atoms. The predicted molar refractivity (Wildman–Crippen MR) is 109 cm³/mol. The van der Waals surface area contributed by atoms with E-state index in [0.717, 1.165) is 15.8 Å². The summed E-state index contributed by atoms with van der Waals surface area (Å²) in [5, 5.41) is 8.80. The molecule has 4 rings (SSSR count). The highest BCUT2D eigenvalue weighted by Gasteiger charge is 2.19. The SMILES string of the molecule is O=C(Cn1ncc2ccccc2c1=O)Nc1cccc(Cl)c1N1CCOCC1. The van der Waals surface area contributed by atoms with Gasteiger partial charge in [0.05, 0.1) is 41.2 Å². The molecule has 1 saturated heterocycles. The van der Waals surface area contributed by atoms with E-state index in [1.165, 1.54) is 0 Å². The van der Waals surface area contributed by atoms with Gasteiger partial charge in [-0.3, -0.25) is 9.59 Å². The molecule has 3 aromatic rings. The molecule has 0 saturated carbocycles. The lowest BCUT2D eigenvalue weighted by Gasteiger charge is -2.31. The maximum Gasteiger partial charge on any atom is 0.275 e. The highest BCUT2D eigenvalue weighted by atomic mass is 35.5. The molecule has 1 aliphatic heterocycles. The van der Waals surface area contributed by atoms with Gasteiger partial charge < -0.3 is 15.0 Å². The molecule has 2 heterocycles. The minimum atomic E-state index is -0.346. The Morgan fingerprint density at radius 1 is 1.14 bits per heavy atom. The van der Waals surface area contributed by atoms with Crippen molar-refractivity contribution in [2.75, 3.05) is 36.5 Å². The van der Waals surface area contributed by atoms with Crippen molar-refractivity contribution in [2.45, 2.75) is 6.54 Å². The van der Waals surface area contributed by atoms with E-state index in [1.807, 2.05) is 12.1 Å². The first-order valence-electron chi connectivity index (χ1n) is 8.99. The topological polar surface area (TPSA) is 76.5 Å². The average Bonchev–Trinajstić information content (AvgIpc) is 2.71. The van der Waals surface area contributed by atoms with Crippen LogP contribution < -0.4 is 15.8 Å². The first-order chi connectivity index (χ1) is 13.6. The van der Waals surface area contributed by atoms with Crippen LogP contribution in [0.5, 0.6) is 0 Å². The van der Waals surface area contributed by atoms with Gasteiger partial charge in [0.25, 0.3) is 5.56 Å². The molecule has 0 atom stereocenters. The van der Waals surface area contributed by atoms with Crippen molar-refractivity contribution in [1.29, 1.82) is 0 Å². The molecule has 0 radical (unpaired) electrons. The quantitative estimate of drug-likeness (QED) is 0.730. The first-order valence-corrected chi connectivity index (χ1v) is 9.37. The van der Waals surface area contributed by atoms with Gasteiger partial charge in [-0.05, 0) is 18.2 Å². The number of para-hydroxylation sites is 1. The molecule has 0 unspecified atom stereocenters. The van der Waals surface area contributed by atoms with Crippen LogP contribution in [0.2, 0.25) is 5.02 Å². The number of morpholine rings is 1. The van der Waals surface area contributed by atoms with Crippen LogP contribution in [0.25, 0.3) is 10.8 Å². The van der Waals surface area contributed by atoms with Crippen LogP contribution >= 0.6 is 11.6 Å². The number of benzene rings is 2. The van der Waals surface area contributed by atoms with Crippen LogP contribution in [0.15, 0.2) is 53.5 Å². The monoisotopic (exact) mass is 398 g/mol. The number of carbonyl (C=O) groups excluding carboxylic acids is 1. The number of hydrogen-bond acceptors (Lipinski definition) is 5. The van der Waals surface area contributed by atoms with Gasteiger partial charge in [-0.2, -0.15) is 5.10 Å². The van der Waals surface area contributed by atoms with Gasteiger partial charge >= 0.3 is 0 Å². The standard InChI is InChI=1S/C20H19ClN4O3/c21-16-6-3-7-17(19(16)24-8-10-28-11-9-24)23-18(26)13-25-20(27)15-5-2-1-4-14(15)12-22-25/h1-7,12H,8-11,13H2,(H,23,26). The van der Waals surface area contributed by atoms with Gasteiger partial charge in [0.1, 0.15) is 6.54 Å². The Morgan fingerprint density at radius 2 is 1.93 bits per heavy atom. The Labute approximate surface area is 166 Å². The molecule has 1 amide bonds. The Kier molecular flexibility index (Phi) is 5.27. The average molecular weight is 399 g/mol. The van der Waals surface area contributed by atoms with Gasteiger partial charge in [0, 0.05) is 18.5 Å². The number of carbonyl (C=O) groups is 1. The fraction of sp³-hybridized carbons (Fsp3) is 0.250. The molecule has 1 N–H and O–H groups in total. The van der Waals surface area contributed by atoms with Crippen LogP contribution in [0.4, 0.5) is 11.4 Å². The van der Waals surface area contributed by atoms with Crippen LogP contribution in [0, 0.1) is 0 Å². The highest BCUT2D eigenvalue weighted by Crippen LogP contribution is 2.34. The summed E-state index contributed by atoms with van der Waals surface area (Å²) in [6.07, 6.45) is 1.59. The largest absolute Gasteiger partial charge is 0.378 e.